The maximum Gasteiger partial charge on any atom is 0.248 e. The molecule has 0 heterocycles. The van der Waals surface area contributed by atoms with Crippen LogP contribution in [0.3, 0.4) is 0 Å². The van der Waals surface area contributed by atoms with E-state index in [-0.39, 0.29) is 5.75 Å². The van der Waals surface area contributed by atoms with Gasteiger partial charge in [-0.1, -0.05) is 12.1 Å². The average Bonchev–Trinajstić information content (AvgIpc) is 2.28. The van der Waals surface area contributed by atoms with Crippen LogP contribution in [0.5, 0.6) is 5.75 Å². The van der Waals surface area contributed by atoms with Crippen LogP contribution in [-0.2, 0) is 9.47 Å². The summed E-state index contributed by atoms with van der Waals surface area (Å²) < 4.78 is 10.5. The lowest BCUT2D eigenvalue weighted by Crippen LogP contribution is -2.47. The summed E-state index contributed by atoms with van der Waals surface area (Å²) in [6.45, 7) is 1.78. The van der Waals surface area contributed by atoms with Crippen molar-refractivity contribution in [2.45, 2.75) is 12.8 Å². The van der Waals surface area contributed by atoms with E-state index >= 15 is 0 Å². The van der Waals surface area contributed by atoms with E-state index in [1.807, 2.05) is 6.07 Å². The van der Waals surface area contributed by atoms with Crippen molar-refractivity contribution in [1.82, 2.24) is 0 Å². The highest BCUT2D eigenvalue weighted by Gasteiger charge is 2.30. The van der Waals surface area contributed by atoms with Crippen LogP contribution in [0.1, 0.15) is 6.92 Å². The van der Waals surface area contributed by atoms with Gasteiger partial charge in [-0.3, -0.25) is 0 Å². The molecule has 0 aliphatic rings. The third-order valence-corrected chi connectivity index (χ3v) is 2.61. The van der Waals surface area contributed by atoms with Crippen molar-refractivity contribution >= 4 is 5.69 Å². The van der Waals surface area contributed by atoms with Crippen molar-refractivity contribution in [2.24, 2.45) is 0 Å². The van der Waals surface area contributed by atoms with Gasteiger partial charge in [0.25, 0.3) is 0 Å². The van der Waals surface area contributed by atoms with E-state index in [9.17, 15) is 5.11 Å². The molecule has 0 aliphatic carbocycles. The lowest BCUT2D eigenvalue weighted by atomic mass is 10.2. The zero-order valence-electron chi connectivity index (χ0n) is 9.52. The van der Waals surface area contributed by atoms with Gasteiger partial charge >= 0.3 is 0 Å². The Balaban J connectivity index is 3.03. The van der Waals surface area contributed by atoms with Gasteiger partial charge in [0.15, 0.2) is 0 Å². The summed E-state index contributed by atoms with van der Waals surface area (Å²) in [4.78, 5) is 1.72. The van der Waals surface area contributed by atoms with Crippen LogP contribution in [0.4, 0.5) is 5.69 Å². The van der Waals surface area contributed by atoms with Crippen molar-refractivity contribution in [2.75, 3.05) is 26.2 Å². The Labute approximate surface area is 90.0 Å². The minimum atomic E-state index is -0.890. The number of para-hydroxylation sites is 2. The van der Waals surface area contributed by atoms with E-state index in [4.69, 9.17) is 9.47 Å². The van der Waals surface area contributed by atoms with Crippen molar-refractivity contribution in [3.05, 3.63) is 24.3 Å². The minimum Gasteiger partial charge on any atom is -0.506 e. The standard InChI is InChI=1S/C11H17NO3/c1-11(14-3,15-4)12(2)9-7-5-6-8-10(9)13/h5-8,13H,1-4H3. The lowest BCUT2D eigenvalue weighted by molar-refractivity contribution is -0.190. The van der Waals surface area contributed by atoms with Gasteiger partial charge in [-0.2, -0.15) is 0 Å². The molecule has 0 bridgehead atoms. The Morgan fingerprint density at radius 3 is 2.20 bits per heavy atom. The Morgan fingerprint density at radius 2 is 1.73 bits per heavy atom. The molecule has 4 nitrogen and oxygen atoms in total. The van der Waals surface area contributed by atoms with E-state index in [0.717, 1.165) is 0 Å². The molecule has 1 rings (SSSR count). The number of nitrogens with zero attached hydrogens (tertiary/aromatic N) is 1. The number of benzene rings is 1. The molecule has 4 heteroatoms. The smallest absolute Gasteiger partial charge is 0.248 e. The molecule has 0 aromatic heterocycles. The number of hydrogen-bond donors (Lipinski definition) is 1. The van der Waals surface area contributed by atoms with Crippen molar-refractivity contribution in [3.8, 4) is 5.75 Å². The summed E-state index contributed by atoms with van der Waals surface area (Å²) in [5.41, 5.74) is 0.656. The van der Waals surface area contributed by atoms with Gasteiger partial charge in [-0.25, -0.2) is 0 Å². The van der Waals surface area contributed by atoms with Crippen LogP contribution in [0, 0.1) is 0 Å². The first-order chi connectivity index (χ1) is 7.05. The van der Waals surface area contributed by atoms with Gasteiger partial charge in [-0.15, -0.1) is 0 Å². The molecule has 0 unspecified atom stereocenters. The molecular formula is C11H17NO3. The molecule has 1 aromatic carbocycles. The van der Waals surface area contributed by atoms with Gasteiger partial charge in [0, 0.05) is 28.2 Å². The zero-order valence-corrected chi connectivity index (χ0v) is 9.52. The number of rotatable bonds is 4. The predicted octanol–water partition coefficient (Wildman–Crippen LogP) is 1.79. The van der Waals surface area contributed by atoms with Crippen molar-refractivity contribution in [1.29, 1.82) is 0 Å². The number of phenolic OH excluding ortho intramolecular Hbond substituents is 1. The van der Waals surface area contributed by atoms with Crippen LogP contribution < -0.4 is 4.90 Å². The van der Waals surface area contributed by atoms with Gasteiger partial charge in [0.05, 0.1) is 5.69 Å². The summed E-state index contributed by atoms with van der Waals surface area (Å²) in [6, 6.07) is 7.03. The number of ether oxygens (including phenoxy) is 2. The van der Waals surface area contributed by atoms with Gasteiger partial charge < -0.3 is 19.5 Å². The van der Waals surface area contributed by atoms with Crippen LogP contribution >= 0.6 is 0 Å². The van der Waals surface area contributed by atoms with Crippen LogP contribution in [0.15, 0.2) is 24.3 Å². The summed E-state index contributed by atoms with van der Waals surface area (Å²) in [7, 11) is 4.90. The molecule has 0 radical (unpaired) electrons. The zero-order chi connectivity index (χ0) is 11.5. The predicted molar refractivity (Wildman–Crippen MR) is 58.9 cm³/mol. The Hall–Kier alpha value is -1.26. The second kappa shape index (κ2) is 4.51. The van der Waals surface area contributed by atoms with E-state index < -0.39 is 5.91 Å². The monoisotopic (exact) mass is 211 g/mol. The van der Waals surface area contributed by atoms with Crippen molar-refractivity contribution in [3.63, 3.8) is 0 Å². The number of methoxy groups -OCH3 is 2. The normalized spacial score (nSPS) is 11.5. The summed E-state index contributed by atoms with van der Waals surface area (Å²) in [5.74, 6) is -0.695. The average molecular weight is 211 g/mol. The van der Waals surface area contributed by atoms with E-state index in [1.165, 1.54) is 0 Å². The second-order valence-corrected chi connectivity index (χ2v) is 3.35. The Kier molecular flexibility index (Phi) is 3.55. The first kappa shape index (κ1) is 11.8. The molecule has 1 aromatic rings. The molecule has 1 N–H and O–H groups in total. The largest absolute Gasteiger partial charge is 0.506 e. The fourth-order valence-corrected chi connectivity index (χ4v) is 1.32. The number of phenols is 1. The molecule has 0 saturated heterocycles. The quantitative estimate of drug-likeness (QED) is 0.771. The second-order valence-electron chi connectivity index (χ2n) is 3.35. The molecular weight excluding hydrogens is 194 g/mol. The minimum absolute atomic E-state index is 0.195. The van der Waals surface area contributed by atoms with Gasteiger partial charge in [-0.05, 0) is 12.1 Å². The highest BCUT2D eigenvalue weighted by molar-refractivity contribution is 5.57. The summed E-state index contributed by atoms with van der Waals surface area (Å²) in [6.07, 6.45) is 0. The third-order valence-electron chi connectivity index (χ3n) is 2.61. The van der Waals surface area contributed by atoms with E-state index in [1.54, 1.807) is 51.3 Å². The highest BCUT2D eigenvalue weighted by atomic mass is 16.7. The molecule has 0 saturated carbocycles. The lowest BCUT2D eigenvalue weighted by Gasteiger charge is -2.37. The molecule has 0 amide bonds. The van der Waals surface area contributed by atoms with Crippen molar-refractivity contribution < 1.29 is 14.6 Å². The van der Waals surface area contributed by atoms with Crippen LogP contribution in [0.2, 0.25) is 0 Å². The molecule has 0 spiro atoms. The molecule has 0 aliphatic heterocycles. The fraction of sp³-hybridized carbons (Fsp3) is 0.455. The molecule has 0 fully saturated rings. The molecule has 15 heavy (non-hydrogen) atoms. The Morgan fingerprint density at radius 1 is 1.20 bits per heavy atom. The SMILES string of the molecule is COC(C)(OC)N(C)c1ccccc1O. The third kappa shape index (κ3) is 2.22. The first-order valence-corrected chi connectivity index (χ1v) is 4.67. The Bertz CT molecular complexity index is 323. The van der Waals surface area contributed by atoms with Crippen LogP contribution in [-0.4, -0.2) is 32.3 Å². The fourth-order valence-electron chi connectivity index (χ4n) is 1.32. The first-order valence-electron chi connectivity index (χ1n) is 4.67. The van der Waals surface area contributed by atoms with E-state index in [2.05, 4.69) is 0 Å². The number of aromatic hydroxyl groups is 1. The molecule has 84 valence electrons. The van der Waals surface area contributed by atoms with Gasteiger partial charge in [0.2, 0.25) is 5.91 Å². The van der Waals surface area contributed by atoms with Gasteiger partial charge in [0.1, 0.15) is 5.75 Å². The maximum atomic E-state index is 9.68. The van der Waals surface area contributed by atoms with E-state index in [0.29, 0.717) is 5.69 Å². The van der Waals surface area contributed by atoms with Crippen LogP contribution in [0.25, 0.3) is 0 Å². The topological polar surface area (TPSA) is 41.9 Å². The number of anilines is 1. The number of hydrogen-bond acceptors (Lipinski definition) is 4. The maximum absolute atomic E-state index is 9.68. The summed E-state index contributed by atoms with van der Waals surface area (Å²) >= 11 is 0. The molecule has 0 atom stereocenters. The summed E-state index contributed by atoms with van der Waals surface area (Å²) in [5, 5.41) is 9.68. The highest BCUT2D eigenvalue weighted by Crippen LogP contribution is 2.31.